The molecule has 2 heterocycles. The average Bonchev–Trinajstić information content (AvgIpc) is 2.65. The highest BCUT2D eigenvalue weighted by atomic mass is 35.5. The van der Waals surface area contributed by atoms with Crippen LogP contribution in [0.5, 0.6) is 0 Å². The molecule has 0 amide bonds. The van der Waals surface area contributed by atoms with E-state index >= 15 is 0 Å². The third-order valence-corrected chi connectivity index (χ3v) is 2.05. The summed E-state index contributed by atoms with van der Waals surface area (Å²) in [5.74, 6) is 0. The first-order valence-electron chi connectivity index (χ1n) is 3.57. The van der Waals surface area contributed by atoms with E-state index in [1.807, 2.05) is 17.8 Å². The van der Waals surface area contributed by atoms with E-state index in [1.165, 1.54) is 0 Å². The van der Waals surface area contributed by atoms with E-state index in [4.69, 9.17) is 16.3 Å². The minimum absolute atomic E-state index is 0.366. The molecule has 1 aromatic heterocycles. The van der Waals surface area contributed by atoms with Crippen LogP contribution in [0.4, 0.5) is 0 Å². The molecule has 1 atom stereocenters. The number of epoxide rings is 1. The Morgan fingerprint density at radius 2 is 2.64 bits per heavy atom. The summed E-state index contributed by atoms with van der Waals surface area (Å²) < 4.78 is 6.89. The summed E-state index contributed by atoms with van der Waals surface area (Å²) in [6.45, 7) is 3.58. The van der Waals surface area contributed by atoms with Gasteiger partial charge in [-0.05, 0) is 6.92 Å². The van der Waals surface area contributed by atoms with Crippen molar-refractivity contribution in [3.05, 3.63) is 16.9 Å². The Bertz CT molecular complexity index is 248. The molecule has 3 nitrogen and oxygen atoms in total. The molecule has 0 spiro atoms. The van der Waals surface area contributed by atoms with E-state index in [0.29, 0.717) is 6.10 Å². The number of hydrogen-bond acceptors (Lipinski definition) is 2. The summed E-state index contributed by atoms with van der Waals surface area (Å²) in [5.41, 5.74) is 0.882. The third kappa shape index (κ3) is 1.54. The second kappa shape index (κ2) is 2.50. The van der Waals surface area contributed by atoms with Crippen LogP contribution >= 0.6 is 11.6 Å². The van der Waals surface area contributed by atoms with Crippen LogP contribution in [0.2, 0.25) is 5.02 Å². The van der Waals surface area contributed by atoms with Gasteiger partial charge in [-0.15, -0.1) is 0 Å². The number of aromatic nitrogens is 2. The highest BCUT2D eigenvalue weighted by Crippen LogP contribution is 2.15. The molecule has 0 radical (unpaired) electrons. The summed E-state index contributed by atoms with van der Waals surface area (Å²) in [6, 6.07) is 0. The van der Waals surface area contributed by atoms with Crippen molar-refractivity contribution in [2.75, 3.05) is 6.61 Å². The van der Waals surface area contributed by atoms with Gasteiger partial charge in [-0.3, -0.25) is 4.68 Å². The van der Waals surface area contributed by atoms with Gasteiger partial charge in [0.2, 0.25) is 0 Å². The number of ether oxygens (including phenoxy) is 1. The molecule has 1 fully saturated rings. The molecule has 0 aliphatic carbocycles. The molecule has 2 rings (SSSR count). The number of rotatable bonds is 2. The lowest BCUT2D eigenvalue weighted by molar-refractivity contribution is 0.373. The molecule has 60 valence electrons. The van der Waals surface area contributed by atoms with Gasteiger partial charge >= 0.3 is 0 Å². The van der Waals surface area contributed by atoms with Crippen molar-refractivity contribution in [1.29, 1.82) is 0 Å². The molecule has 0 saturated carbocycles. The van der Waals surface area contributed by atoms with Crippen molar-refractivity contribution in [3.8, 4) is 0 Å². The zero-order valence-electron chi connectivity index (χ0n) is 6.25. The van der Waals surface area contributed by atoms with E-state index in [1.54, 1.807) is 0 Å². The molecule has 1 saturated heterocycles. The monoisotopic (exact) mass is 172 g/mol. The lowest BCUT2D eigenvalue weighted by Gasteiger charge is -1.93. The fourth-order valence-corrected chi connectivity index (χ4v) is 1.12. The first-order valence-corrected chi connectivity index (χ1v) is 3.94. The van der Waals surface area contributed by atoms with Gasteiger partial charge in [0.1, 0.15) is 6.10 Å². The smallest absolute Gasteiger partial charge is 0.100 e. The Balaban J connectivity index is 2.11. The second-order valence-electron chi connectivity index (χ2n) is 2.74. The molecule has 1 unspecified atom stereocenters. The van der Waals surface area contributed by atoms with Crippen LogP contribution in [-0.2, 0) is 11.3 Å². The first-order chi connectivity index (χ1) is 5.25. The fraction of sp³-hybridized carbons (Fsp3) is 0.571. The van der Waals surface area contributed by atoms with E-state index in [9.17, 15) is 0 Å². The van der Waals surface area contributed by atoms with Crippen LogP contribution in [0.25, 0.3) is 0 Å². The number of halogens is 1. The van der Waals surface area contributed by atoms with Crippen LogP contribution in [0.1, 0.15) is 5.69 Å². The number of aryl methyl sites for hydroxylation is 1. The summed E-state index contributed by atoms with van der Waals surface area (Å²) in [4.78, 5) is 0. The standard InChI is InChI=1S/C7H9ClN2O/c1-5-7(8)3-10(9-5)2-6-4-11-6/h3,6H,2,4H2,1H3. The van der Waals surface area contributed by atoms with E-state index in [2.05, 4.69) is 5.10 Å². The van der Waals surface area contributed by atoms with Gasteiger partial charge in [0.25, 0.3) is 0 Å². The molecule has 1 aliphatic heterocycles. The van der Waals surface area contributed by atoms with E-state index in [-0.39, 0.29) is 0 Å². The molecule has 0 N–H and O–H groups in total. The largest absolute Gasteiger partial charge is 0.371 e. The average molecular weight is 173 g/mol. The normalized spacial score (nSPS) is 22.2. The quantitative estimate of drug-likeness (QED) is 0.629. The van der Waals surface area contributed by atoms with Crippen molar-refractivity contribution in [2.45, 2.75) is 19.6 Å². The van der Waals surface area contributed by atoms with Gasteiger partial charge in [-0.2, -0.15) is 5.10 Å². The van der Waals surface area contributed by atoms with Gasteiger partial charge in [0.05, 0.1) is 23.9 Å². The van der Waals surface area contributed by atoms with Crippen LogP contribution < -0.4 is 0 Å². The lowest BCUT2D eigenvalue weighted by atomic mass is 10.5. The van der Waals surface area contributed by atoms with Crippen LogP contribution in [0.15, 0.2) is 6.20 Å². The summed E-state index contributed by atoms with van der Waals surface area (Å²) in [7, 11) is 0. The van der Waals surface area contributed by atoms with E-state index in [0.717, 1.165) is 23.9 Å². The third-order valence-electron chi connectivity index (χ3n) is 1.68. The van der Waals surface area contributed by atoms with Gasteiger partial charge in [0, 0.05) is 6.20 Å². The summed E-state index contributed by atoms with van der Waals surface area (Å²) >= 11 is 5.81. The fourth-order valence-electron chi connectivity index (χ4n) is 0.969. The maximum Gasteiger partial charge on any atom is 0.100 e. The van der Waals surface area contributed by atoms with Gasteiger partial charge in [0.15, 0.2) is 0 Å². The molecule has 11 heavy (non-hydrogen) atoms. The molecular weight excluding hydrogens is 164 g/mol. The molecule has 4 heteroatoms. The maximum atomic E-state index is 5.81. The summed E-state index contributed by atoms with van der Waals surface area (Å²) in [6.07, 6.45) is 2.20. The maximum absolute atomic E-state index is 5.81. The number of hydrogen-bond donors (Lipinski definition) is 0. The minimum atomic E-state index is 0.366. The van der Waals surface area contributed by atoms with Crippen molar-refractivity contribution >= 4 is 11.6 Å². The zero-order valence-corrected chi connectivity index (χ0v) is 7.01. The predicted octanol–water partition coefficient (Wildman–Crippen LogP) is 1.24. The van der Waals surface area contributed by atoms with Crippen molar-refractivity contribution in [3.63, 3.8) is 0 Å². The SMILES string of the molecule is Cc1nn(CC2CO2)cc1Cl. The van der Waals surface area contributed by atoms with Gasteiger partial charge in [-0.25, -0.2) is 0 Å². The van der Waals surface area contributed by atoms with Crippen molar-refractivity contribution in [2.24, 2.45) is 0 Å². The molecular formula is C7H9ClN2O. The van der Waals surface area contributed by atoms with Crippen LogP contribution in [-0.4, -0.2) is 22.5 Å². The Hall–Kier alpha value is -0.540. The highest BCUT2D eigenvalue weighted by Gasteiger charge is 2.23. The highest BCUT2D eigenvalue weighted by molar-refractivity contribution is 6.31. The zero-order chi connectivity index (χ0) is 7.84. The van der Waals surface area contributed by atoms with Crippen LogP contribution in [0.3, 0.4) is 0 Å². The minimum Gasteiger partial charge on any atom is -0.371 e. The van der Waals surface area contributed by atoms with Crippen molar-refractivity contribution in [1.82, 2.24) is 9.78 Å². The topological polar surface area (TPSA) is 30.4 Å². The van der Waals surface area contributed by atoms with Crippen LogP contribution in [0, 0.1) is 6.92 Å². The predicted molar refractivity (Wildman–Crippen MR) is 41.7 cm³/mol. The van der Waals surface area contributed by atoms with Gasteiger partial charge in [-0.1, -0.05) is 11.6 Å². The van der Waals surface area contributed by atoms with Crippen molar-refractivity contribution < 1.29 is 4.74 Å². The Morgan fingerprint density at radius 1 is 1.91 bits per heavy atom. The Morgan fingerprint density at radius 3 is 3.09 bits per heavy atom. The van der Waals surface area contributed by atoms with E-state index < -0.39 is 0 Å². The molecule has 1 aromatic rings. The molecule has 0 aromatic carbocycles. The molecule has 0 bridgehead atoms. The second-order valence-corrected chi connectivity index (χ2v) is 3.15. The Kier molecular flexibility index (Phi) is 1.62. The number of nitrogens with zero attached hydrogens (tertiary/aromatic N) is 2. The first kappa shape index (κ1) is 7.13. The Labute approximate surface area is 69.9 Å². The van der Waals surface area contributed by atoms with Gasteiger partial charge < -0.3 is 4.74 Å². The lowest BCUT2D eigenvalue weighted by Crippen LogP contribution is -2.04. The summed E-state index contributed by atoms with van der Waals surface area (Å²) in [5, 5.41) is 4.92. The molecule has 1 aliphatic rings.